The molecule has 2 N–H and O–H groups in total. The lowest BCUT2D eigenvalue weighted by molar-refractivity contribution is -0.141. The van der Waals surface area contributed by atoms with Crippen molar-refractivity contribution in [1.82, 2.24) is 9.88 Å². The zero-order valence-corrected chi connectivity index (χ0v) is 20.3. The van der Waals surface area contributed by atoms with Crippen molar-refractivity contribution in [3.8, 4) is 0 Å². The number of nitrogens with zero attached hydrogens (tertiary/aromatic N) is 1. The molecule has 0 spiro atoms. The van der Waals surface area contributed by atoms with Gasteiger partial charge in [0.1, 0.15) is 11.9 Å². The summed E-state index contributed by atoms with van der Waals surface area (Å²) in [5.74, 6) is -1.27. The maximum absolute atomic E-state index is 14.1. The Labute approximate surface area is 200 Å². The van der Waals surface area contributed by atoms with Crippen molar-refractivity contribution in [1.29, 1.82) is 0 Å². The van der Waals surface area contributed by atoms with Crippen molar-refractivity contribution in [3.05, 3.63) is 70.7 Å². The first kappa shape index (κ1) is 24.0. The molecule has 0 aliphatic heterocycles. The molecule has 180 valence electrons. The van der Waals surface area contributed by atoms with E-state index in [1.807, 2.05) is 23.6 Å². The van der Waals surface area contributed by atoms with Crippen LogP contribution in [0, 0.1) is 5.82 Å². The minimum atomic E-state index is -0.889. The smallest absolute Gasteiger partial charge is 0.326 e. The Balaban J connectivity index is 1.54. The fourth-order valence-corrected chi connectivity index (χ4v) is 5.10. The van der Waals surface area contributed by atoms with Crippen LogP contribution in [0.4, 0.5) is 4.39 Å². The molecule has 3 aromatic rings. The molecule has 0 fully saturated rings. The molecule has 0 bridgehead atoms. The summed E-state index contributed by atoms with van der Waals surface area (Å²) < 4.78 is 16.0. The highest BCUT2D eigenvalue weighted by Crippen LogP contribution is 2.36. The number of rotatable bonds is 6. The van der Waals surface area contributed by atoms with Gasteiger partial charge in [-0.3, -0.25) is 4.79 Å². The lowest BCUT2D eigenvalue weighted by Crippen LogP contribution is -2.40. The van der Waals surface area contributed by atoms with Crippen LogP contribution in [-0.2, 0) is 34.3 Å². The molecule has 5 nitrogen and oxygen atoms in total. The topological polar surface area (TPSA) is 71.3 Å². The van der Waals surface area contributed by atoms with Gasteiger partial charge in [0.25, 0.3) is 0 Å². The Kier molecular flexibility index (Phi) is 6.52. The van der Waals surface area contributed by atoms with E-state index in [0.29, 0.717) is 25.7 Å². The lowest BCUT2D eigenvalue weighted by atomic mass is 9.86. The zero-order chi connectivity index (χ0) is 24.6. The van der Waals surface area contributed by atoms with Crippen LogP contribution in [0.2, 0.25) is 0 Å². The molecule has 0 saturated carbocycles. The second-order valence-corrected chi connectivity index (χ2v) is 10.3. The summed E-state index contributed by atoms with van der Waals surface area (Å²) in [7, 11) is 0. The van der Waals surface area contributed by atoms with Crippen LogP contribution in [0.5, 0.6) is 0 Å². The van der Waals surface area contributed by atoms with Crippen LogP contribution >= 0.6 is 0 Å². The first-order chi connectivity index (χ1) is 16.1. The van der Waals surface area contributed by atoms with Crippen molar-refractivity contribution in [2.45, 2.75) is 77.3 Å². The van der Waals surface area contributed by atoms with Gasteiger partial charge in [-0.2, -0.15) is 0 Å². The highest BCUT2D eigenvalue weighted by molar-refractivity contribution is 5.88. The number of benzene rings is 2. The molecule has 1 aromatic heterocycles. The Morgan fingerprint density at radius 1 is 1.18 bits per heavy atom. The van der Waals surface area contributed by atoms with Gasteiger partial charge in [0, 0.05) is 22.6 Å². The summed E-state index contributed by atoms with van der Waals surface area (Å²) in [6.45, 7) is 8.33. The summed E-state index contributed by atoms with van der Waals surface area (Å²) in [4.78, 5) is 24.7. The van der Waals surface area contributed by atoms with Gasteiger partial charge in [-0.1, -0.05) is 52.0 Å². The maximum Gasteiger partial charge on any atom is 0.326 e. The maximum atomic E-state index is 14.1. The quantitative estimate of drug-likeness (QED) is 0.518. The first-order valence-electron chi connectivity index (χ1n) is 12.0. The number of hydrogen-bond donors (Lipinski definition) is 2. The Morgan fingerprint density at radius 2 is 1.88 bits per heavy atom. The van der Waals surface area contributed by atoms with Crippen molar-refractivity contribution in [2.24, 2.45) is 0 Å². The lowest BCUT2D eigenvalue weighted by Gasteiger charge is -2.26. The third kappa shape index (κ3) is 4.72. The molecule has 2 aromatic carbocycles. The summed E-state index contributed by atoms with van der Waals surface area (Å²) in [6, 6.07) is 11.9. The predicted molar refractivity (Wildman–Crippen MR) is 132 cm³/mol. The van der Waals surface area contributed by atoms with Crippen LogP contribution in [0.1, 0.15) is 69.0 Å². The number of hydrogen-bond acceptors (Lipinski definition) is 2. The number of carboxylic acids is 1. The van der Waals surface area contributed by atoms with E-state index in [4.69, 9.17) is 0 Å². The van der Waals surface area contributed by atoms with Crippen molar-refractivity contribution >= 4 is 22.8 Å². The van der Waals surface area contributed by atoms with E-state index < -0.39 is 12.0 Å². The Hall–Kier alpha value is -3.15. The molecule has 4 rings (SSSR count). The average Bonchev–Trinajstić information content (AvgIpc) is 3.07. The summed E-state index contributed by atoms with van der Waals surface area (Å²) in [5, 5.41) is 13.7. The van der Waals surface area contributed by atoms with Gasteiger partial charge in [0.05, 0.1) is 6.42 Å². The van der Waals surface area contributed by atoms with E-state index >= 15 is 0 Å². The van der Waals surface area contributed by atoms with Crippen molar-refractivity contribution < 1.29 is 19.1 Å². The highest BCUT2D eigenvalue weighted by atomic mass is 19.1. The summed E-state index contributed by atoms with van der Waals surface area (Å²) in [5.41, 5.74) is 4.89. The number of fused-ring (bicyclic) bond motifs is 3. The van der Waals surface area contributed by atoms with Gasteiger partial charge >= 0.3 is 5.97 Å². The molecule has 0 saturated heterocycles. The minimum absolute atomic E-state index is 0.0381. The molecule has 0 radical (unpaired) electrons. The van der Waals surface area contributed by atoms with Gasteiger partial charge in [0.2, 0.25) is 5.91 Å². The molecule has 1 heterocycles. The van der Waals surface area contributed by atoms with Crippen LogP contribution < -0.4 is 5.32 Å². The van der Waals surface area contributed by atoms with E-state index in [-0.39, 0.29) is 23.2 Å². The van der Waals surface area contributed by atoms with Gasteiger partial charge < -0.3 is 15.0 Å². The van der Waals surface area contributed by atoms with Crippen LogP contribution in [0.3, 0.4) is 0 Å². The molecule has 6 heteroatoms. The summed E-state index contributed by atoms with van der Waals surface area (Å²) in [6.07, 6.45) is 2.67. The van der Waals surface area contributed by atoms with E-state index in [2.05, 4.69) is 38.2 Å². The highest BCUT2D eigenvalue weighted by Gasteiger charge is 2.31. The molecule has 2 atom stereocenters. The van der Waals surface area contributed by atoms with Crippen molar-refractivity contribution in [2.75, 3.05) is 0 Å². The number of aliphatic carboxylic acids is 1. The third-order valence-electron chi connectivity index (χ3n) is 6.90. The van der Waals surface area contributed by atoms with Crippen LogP contribution in [0.15, 0.2) is 42.5 Å². The first-order valence-corrected chi connectivity index (χ1v) is 12.0. The van der Waals surface area contributed by atoms with E-state index in [0.717, 1.165) is 34.1 Å². The number of carbonyl (C=O) groups is 2. The van der Waals surface area contributed by atoms with Crippen LogP contribution in [-0.4, -0.2) is 27.6 Å². The number of halogens is 1. The van der Waals surface area contributed by atoms with E-state index in [1.54, 1.807) is 6.07 Å². The van der Waals surface area contributed by atoms with Gasteiger partial charge in [-0.05, 0) is 66.0 Å². The molecule has 1 amide bonds. The standard InChI is InChI=1S/C28H33FN2O3/c1-5-23(27(33)34)31-24-12-10-19(29)15-21(24)22-16-20(11-13-25(22)31)30-26(32)14-17-6-8-18(9-7-17)28(2,3)4/h6-10,12,15,20,23H,5,11,13-14,16H2,1-4H3,(H,30,32)(H,33,34). The normalized spacial score (nSPS) is 16.8. The van der Waals surface area contributed by atoms with E-state index in [1.165, 1.54) is 17.7 Å². The average molecular weight is 465 g/mol. The largest absolute Gasteiger partial charge is 0.480 e. The third-order valence-corrected chi connectivity index (χ3v) is 6.90. The molecular formula is C28H33FN2O3. The second-order valence-electron chi connectivity index (χ2n) is 10.3. The molecule has 1 aliphatic carbocycles. The van der Waals surface area contributed by atoms with Crippen molar-refractivity contribution in [3.63, 3.8) is 0 Å². The second kappa shape index (κ2) is 9.24. The molecule has 1 aliphatic rings. The molecule has 2 unspecified atom stereocenters. The fraction of sp³-hybridized carbons (Fsp3) is 0.429. The molecule has 34 heavy (non-hydrogen) atoms. The Bertz CT molecular complexity index is 1220. The number of nitrogens with one attached hydrogen (secondary N) is 1. The monoisotopic (exact) mass is 464 g/mol. The summed E-state index contributed by atoms with van der Waals surface area (Å²) >= 11 is 0. The zero-order valence-electron chi connectivity index (χ0n) is 20.3. The van der Waals surface area contributed by atoms with Gasteiger partial charge in [0.15, 0.2) is 0 Å². The van der Waals surface area contributed by atoms with Crippen LogP contribution in [0.25, 0.3) is 10.9 Å². The number of aromatic nitrogens is 1. The van der Waals surface area contributed by atoms with Gasteiger partial charge in [-0.15, -0.1) is 0 Å². The Morgan fingerprint density at radius 3 is 2.50 bits per heavy atom. The number of carboxylic acid groups (broad SMARTS) is 1. The predicted octanol–water partition coefficient (Wildman–Crippen LogP) is 5.33. The number of amides is 1. The van der Waals surface area contributed by atoms with E-state index in [9.17, 15) is 19.1 Å². The van der Waals surface area contributed by atoms with Gasteiger partial charge in [-0.25, -0.2) is 9.18 Å². The SMILES string of the molecule is CCC(C(=O)O)n1c2c(c3cc(F)ccc31)CC(NC(=O)Cc1ccc(C(C)(C)C)cc1)CC2. The fourth-order valence-electron chi connectivity index (χ4n) is 5.10. The molecular weight excluding hydrogens is 431 g/mol. The minimum Gasteiger partial charge on any atom is -0.480 e. The number of carbonyl (C=O) groups excluding carboxylic acids is 1.